The van der Waals surface area contributed by atoms with E-state index >= 15 is 0 Å². The van der Waals surface area contributed by atoms with Crippen LogP contribution in [0.3, 0.4) is 0 Å². The average molecular weight is 238 g/mol. The molecule has 2 aliphatic carbocycles. The molecule has 1 fully saturated rings. The highest BCUT2D eigenvalue weighted by molar-refractivity contribution is 6.04. The SMILES string of the molecule is CCCOC(=O)[C@@]12C(C(=O)O)=CC[C@@H]1[C@@H]2C=O. The molecule has 0 unspecified atom stereocenters. The van der Waals surface area contributed by atoms with Crippen LogP contribution < -0.4 is 0 Å². The molecule has 3 atom stereocenters. The summed E-state index contributed by atoms with van der Waals surface area (Å²) in [4.78, 5) is 34.0. The van der Waals surface area contributed by atoms with Gasteiger partial charge < -0.3 is 14.6 Å². The lowest BCUT2D eigenvalue weighted by molar-refractivity contribution is -0.152. The molecule has 0 aliphatic heterocycles. The third kappa shape index (κ3) is 1.41. The molecule has 0 heterocycles. The van der Waals surface area contributed by atoms with Crippen molar-refractivity contribution < 1.29 is 24.2 Å². The first-order valence-electron chi connectivity index (χ1n) is 5.67. The highest BCUT2D eigenvalue weighted by Crippen LogP contribution is 2.68. The second kappa shape index (κ2) is 3.98. The second-order valence-corrected chi connectivity index (χ2v) is 4.43. The number of carboxylic acid groups (broad SMARTS) is 1. The van der Waals surface area contributed by atoms with E-state index in [-0.39, 0.29) is 18.1 Å². The predicted molar refractivity (Wildman–Crippen MR) is 57.1 cm³/mol. The van der Waals surface area contributed by atoms with Gasteiger partial charge in [0, 0.05) is 5.92 Å². The molecule has 0 saturated heterocycles. The Morgan fingerprint density at radius 1 is 1.65 bits per heavy atom. The summed E-state index contributed by atoms with van der Waals surface area (Å²) in [5, 5.41) is 9.07. The maximum absolute atomic E-state index is 12.0. The molecule has 92 valence electrons. The molecule has 0 amide bonds. The van der Waals surface area contributed by atoms with Crippen LogP contribution in [-0.4, -0.2) is 29.9 Å². The summed E-state index contributed by atoms with van der Waals surface area (Å²) in [7, 11) is 0. The Hall–Kier alpha value is -1.65. The molecule has 0 radical (unpaired) electrons. The van der Waals surface area contributed by atoms with Crippen LogP contribution in [-0.2, 0) is 19.1 Å². The van der Waals surface area contributed by atoms with Gasteiger partial charge in [-0.05, 0) is 18.8 Å². The number of hydrogen-bond donors (Lipinski definition) is 1. The van der Waals surface area contributed by atoms with E-state index in [2.05, 4.69) is 0 Å². The minimum Gasteiger partial charge on any atom is -0.478 e. The number of fused-ring (bicyclic) bond motifs is 1. The van der Waals surface area contributed by atoms with Gasteiger partial charge in [0.25, 0.3) is 0 Å². The minimum atomic E-state index is -1.19. The predicted octanol–water partition coefficient (Wildman–Crippen LogP) is 0.786. The number of rotatable bonds is 5. The fourth-order valence-corrected chi connectivity index (χ4v) is 2.79. The quantitative estimate of drug-likeness (QED) is 0.565. The molecule has 0 aromatic carbocycles. The fraction of sp³-hybridized carbons (Fsp3) is 0.583. The summed E-state index contributed by atoms with van der Waals surface area (Å²) in [5.74, 6) is -2.43. The van der Waals surface area contributed by atoms with E-state index in [0.29, 0.717) is 19.1 Å². The van der Waals surface area contributed by atoms with Crippen molar-refractivity contribution in [2.75, 3.05) is 6.61 Å². The number of ether oxygens (including phenoxy) is 1. The molecule has 1 saturated carbocycles. The number of aliphatic carboxylic acids is 1. The lowest BCUT2D eigenvalue weighted by atomic mass is 9.94. The number of carboxylic acids is 1. The fourth-order valence-electron chi connectivity index (χ4n) is 2.79. The molecule has 1 N–H and O–H groups in total. The summed E-state index contributed by atoms with van der Waals surface area (Å²) in [6, 6.07) is 0. The monoisotopic (exact) mass is 238 g/mol. The van der Waals surface area contributed by atoms with Gasteiger partial charge in [0.2, 0.25) is 0 Å². The van der Waals surface area contributed by atoms with Crippen molar-refractivity contribution in [3.63, 3.8) is 0 Å². The van der Waals surface area contributed by atoms with Gasteiger partial charge in [-0.2, -0.15) is 0 Å². The van der Waals surface area contributed by atoms with Crippen LogP contribution in [0.4, 0.5) is 0 Å². The van der Waals surface area contributed by atoms with Crippen LogP contribution in [0.25, 0.3) is 0 Å². The van der Waals surface area contributed by atoms with Crippen molar-refractivity contribution in [1.29, 1.82) is 0 Å². The van der Waals surface area contributed by atoms with Gasteiger partial charge in [0.05, 0.1) is 12.2 Å². The van der Waals surface area contributed by atoms with E-state index in [9.17, 15) is 14.4 Å². The van der Waals surface area contributed by atoms with Crippen LogP contribution in [0, 0.1) is 17.3 Å². The molecule has 0 aromatic heterocycles. The van der Waals surface area contributed by atoms with Crippen molar-refractivity contribution in [2.24, 2.45) is 17.3 Å². The van der Waals surface area contributed by atoms with E-state index < -0.39 is 23.3 Å². The van der Waals surface area contributed by atoms with Crippen molar-refractivity contribution in [3.8, 4) is 0 Å². The van der Waals surface area contributed by atoms with Crippen LogP contribution in [0.5, 0.6) is 0 Å². The number of carbonyl (C=O) groups is 3. The summed E-state index contributed by atoms with van der Waals surface area (Å²) in [6.07, 6.45) is 3.34. The van der Waals surface area contributed by atoms with Gasteiger partial charge in [0.1, 0.15) is 11.7 Å². The number of aldehydes is 1. The second-order valence-electron chi connectivity index (χ2n) is 4.43. The Balaban J connectivity index is 2.26. The molecule has 5 nitrogen and oxygen atoms in total. The number of hydrogen-bond acceptors (Lipinski definition) is 4. The van der Waals surface area contributed by atoms with Gasteiger partial charge >= 0.3 is 11.9 Å². The van der Waals surface area contributed by atoms with Crippen molar-refractivity contribution >= 4 is 18.2 Å². The molecular weight excluding hydrogens is 224 g/mol. The van der Waals surface area contributed by atoms with Crippen molar-refractivity contribution in [1.82, 2.24) is 0 Å². The largest absolute Gasteiger partial charge is 0.478 e. The number of esters is 1. The Morgan fingerprint density at radius 3 is 2.82 bits per heavy atom. The van der Waals surface area contributed by atoms with Gasteiger partial charge in [-0.15, -0.1) is 0 Å². The third-order valence-electron chi connectivity index (χ3n) is 3.61. The number of carbonyl (C=O) groups excluding carboxylic acids is 2. The first kappa shape index (κ1) is 11.8. The maximum atomic E-state index is 12.0. The third-order valence-corrected chi connectivity index (χ3v) is 3.61. The van der Waals surface area contributed by atoms with E-state index in [1.807, 2.05) is 6.92 Å². The van der Waals surface area contributed by atoms with Gasteiger partial charge in [-0.3, -0.25) is 4.79 Å². The van der Waals surface area contributed by atoms with Gasteiger partial charge in [0.15, 0.2) is 0 Å². The topological polar surface area (TPSA) is 80.7 Å². The highest BCUT2D eigenvalue weighted by Gasteiger charge is 2.75. The molecule has 2 rings (SSSR count). The van der Waals surface area contributed by atoms with E-state index in [4.69, 9.17) is 9.84 Å². The summed E-state index contributed by atoms with van der Waals surface area (Å²) in [6.45, 7) is 2.11. The zero-order valence-corrected chi connectivity index (χ0v) is 9.51. The molecule has 0 aromatic rings. The highest BCUT2D eigenvalue weighted by atomic mass is 16.5. The molecule has 17 heavy (non-hydrogen) atoms. The summed E-state index contributed by atoms with van der Waals surface area (Å²) < 4.78 is 5.03. The zero-order valence-electron chi connectivity index (χ0n) is 9.51. The minimum absolute atomic E-state index is 0.0284. The Bertz CT molecular complexity index is 411. The first-order valence-corrected chi connectivity index (χ1v) is 5.67. The Labute approximate surface area is 98.4 Å². The molecule has 5 heteroatoms. The maximum Gasteiger partial charge on any atom is 0.332 e. The summed E-state index contributed by atoms with van der Waals surface area (Å²) >= 11 is 0. The van der Waals surface area contributed by atoms with Gasteiger partial charge in [-0.1, -0.05) is 13.0 Å². The van der Waals surface area contributed by atoms with Gasteiger partial charge in [-0.25, -0.2) is 4.79 Å². The molecule has 0 bridgehead atoms. The average Bonchev–Trinajstić information content (AvgIpc) is 2.78. The molecular formula is C12H14O5. The number of allylic oxidation sites excluding steroid dienone is 1. The Morgan fingerprint density at radius 2 is 2.35 bits per heavy atom. The normalized spacial score (nSPS) is 33.6. The Kier molecular flexibility index (Phi) is 2.77. The van der Waals surface area contributed by atoms with Crippen molar-refractivity contribution in [2.45, 2.75) is 19.8 Å². The lowest BCUT2D eigenvalue weighted by Gasteiger charge is -2.14. The van der Waals surface area contributed by atoms with Crippen LogP contribution in [0.2, 0.25) is 0 Å². The summed E-state index contributed by atoms with van der Waals surface area (Å²) in [5.41, 5.74) is -1.16. The lowest BCUT2D eigenvalue weighted by Crippen LogP contribution is -2.27. The molecule has 0 spiro atoms. The van der Waals surface area contributed by atoms with Crippen molar-refractivity contribution in [3.05, 3.63) is 11.6 Å². The van der Waals surface area contributed by atoms with E-state index in [1.165, 1.54) is 6.08 Å². The van der Waals surface area contributed by atoms with Crippen LogP contribution in [0.15, 0.2) is 11.6 Å². The zero-order chi connectivity index (χ0) is 12.6. The van der Waals surface area contributed by atoms with Crippen LogP contribution >= 0.6 is 0 Å². The van der Waals surface area contributed by atoms with Crippen LogP contribution in [0.1, 0.15) is 19.8 Å². The first-order chi connectivity index (χ1) is 8.10. The standard InChI is InChI=1S/C12H14O5/c1-2-5-17-11(16)12-7(9(12)6-13)3-4-8(12)10(14)15/h4,6-7,9H,2-3,5H2,1H3,(H,14,15)/t7-,9+,12-/m1/s1. The van der Waals surface area contributed by atoms with E-state index in [1.54, 1.807) is 0 Å². The molecule has 2 aliphatic rings. The smallest absolute Gasteiger partial charge is 0.332 e. The van der Waals surface area contributed by atoms with E-state index in [0.717, 1.165) is 0 Å².